The number of esters is 1. The smallest absolute Gasteiger partial charge is 0.312 e. The van der Waals surface area contributed by atoms with Crippen molar-refractivity contribution in [1.29, 1.82) is 0 Å². The summed E-state index contributed by atoms with van der Waals surface area (Å²) >= 11 is 1.36. The minimum Gasteiger partial charge on any atom is -0.497 e. The van der Waals surface area contributed by atoms with Crippen LogP contribution in [0.15, 0.2) is 46.0 Å². The van der Waals surface area contributed by atoms with Gasteiger partial charge in [-0.25, -0.2) is 8.42 Å². The van der Waals surface area contributed by atoms with Crippen LogP contribution in [-0.2, 0) is 26.0 Å². The zero-order chi connectivity index (χ0) is 20.2. The zero-order valence-corrected chi connectivity index (χ0v) is 17.7. The molecular weight excluding hydrogens is 398 g/mol. The maximum Gasteiger partial charge on any atom is 0.312 e. The third-order valence-electron chi connectivity index (χ3n) is 5.22. The van der Waals surface area contributed by atoms with Gasteiger partial charge < -0.3 is 9.47 Å². The fourth-order valence-electron chi connectivity index (χ4n) is 3.57. The van der Waals surface area contributed by atoms with E-state index < -0.39 is 15.4 Å². The van der Waals surface area contributed by atoms with Crippen LogP contribution in [0.5, 0.6) is 5.75 Å². The van der Waals surface area contributed by atoms with Crippen LogP contribution in [-0.4, -0.2) is 45.5 Å². The van der Waals surface area contributed by atoms with Crippen LogP contribution in [0.1, 0.15) is 25.3 Å². The minimum absolute atomic E-state index is 0.251. The maximum absolute atomic E-state index is 12.8. The lowest BCUT2D eigenvalue weighted by molar-refractivity contribution is -0.158. The molecule has 1 fully saturated rings. The molecule has 0 bridgehead atoms. The van der Waals surface area contributed by atoms with E-state index in [1.54, 1.807) is 30.9 Å². The molecule has 0 radical (unpaired) electrons. The molecule has 0 atom stereocenters. The molecule has 6 nitrogen and oxygen atoms in total. The predicted molar refractivity (Wildman–Crippen MR) is 108 cm³/mol. The average Bonchev–Trinajstić information content (AvgIpc) is 3.25. The molecule has 0 amide bonds. The van der Waals surface area contributed by atoms with Crippen LogP contribution in [0, 0.1) is 5.41 Å². The number of ether oxygens (including phenoxy) is 2. The second kappa shape index (κ2) is 8.63. The van der Waals surface area contributed by atoms with Gasteiger partial charge in [-0.3, -0.25) is 4.79 Å². The first kappa shape index (κ1) is 20.8. The van der Waals surface area contributed by atoms with Crippen molar-refractivity contribution >= 4 is 27.3 Å². The van der Waals surface area contributed by atoms with E-state index in [-0.39, 0.29) is 5.97 Å². The molecule has 1 aliphatic rings. The van der Waals surface area contributed by atoms with Crippen molar-refractivity contribution in [2.24, 2.45) is 5.41 Å². The number of carbonyl (C=O) groups excluding carboxylic acids is 1. The van der Waals surface area contributed by atoms with Crippen LogP contribution in [0.2, 0.25) is 0 Å². The number of methoxy groups -OCH3 is 1. The third kappa shape index (κ3) is 4.24. The highest BCUT2D eigenvalue weighted by molar-refractivity contribution is 7.89. The molecule has 1 saturated heterocycles. The number of piperidine rings is 1. The third-order valence-corrected chi connectivity index (χ3v) is 7.95. The molecule has 0 aliphatic carbocycles. The molecule has 2 aromatic rings. The van der Waals surface area contributed by atoms with Crippen LogP contribution in [0.25, 0.3) is 0 Å². The number of hydrogen-bond donors (Lipinski definition) is 0. The topological polar surface area (TPSA) is 72.9 Å². The van der Waals surface area contributed by atoms with Crippen molar-refractivity contribution in [3.63, 3.8) is 0 Å². The largest absolute Gasteiger partial charge is 0.497 e. The second-order valence-electron chi connectivity index (χ2n) is 6.89. The van der Waals surface area contributed by atoms with Gasteiger partial charge in [-0.15, -0.1) is 0 Å². The van der Waals surface area contributed by atoms with Gasteiger partial charge in [0.1, 0.15) is 5.75 Å². The van der Waals surface area contributed by atoms with E-state index in [1.807, 2.05) is 24.3 Å². The highest BCUT2D eigenvalue weighted by Gasteiger charge is 2.45. The van der Waals surface area contributed by atoms with Gasteiger partial charge in [0.25, 0.3) is 0 Å². The van der Waals surface area contributed by atoms with Gasteiger partial charge in [-0.2, -0.15) is 15.6 Å². The van der Waals surface area contributed by atoms with Crippen molar-refractivity contribution in [3.05, 3.63) is 46.7 Å². The van der Waals surface area contributed by atoms with E-state index in [9.17, 15) is 13.2 Å². The zero-order valence-electron chi connectivity index (χ0n) is 16.1. The molecule has 8 heteroatoms. The monoisotopic (exact) mass is 423 g/mol. The number of rotatable bonds is 7. The number of sulfonamides is 1. The first-order valence-electron chi connectivity index (χ1n) is 9.24. The molecule has 152 valence electrons. The molecular formula is C20H25NO5S2. The lowest BCUT2D eigenvalue weighted by Crippen LogP contribution is -2.48. The Labute approximate surface area is 170 Å². The molecule has 0 spiro atoms. The van der Waals surface area contributed by atoms with Gasteiger partial charge in [0.15, 0.2) is 0 Å². The Kier molecular flexibility index (Phi) is 6.42. The summed E-state index contributed by atoms with van der Waals surface area (Å²) in [6, 6.07) is 9.22. The Balaban J connectivity index is 1.79. The first-order chi connectivity index (χ1) is 13.4. The highest BCUT2D eigenvalue weighted by atomic mass is 32.2. The Morgan fingerprint density at radius 1 is 1.18 bits per heavy atom. The van der Waals surface area contributed by atoms with Crippen LogP contribution < -0.4 is 4.74 Å². The molecule has 1 aromatic carbocycles. The minimum atomic E-state index is -3.51. The van der Waals surface area contributed by atoms with E-state index in [2.05, 4.69) is 0 Å². The van der Waals surface area contributed by atoms with E-state index in [0.29, 0.717) is 43.9 Å². The summed E-state index contributed by atoms with van der Waals surface area (Å²) in [7, 11) is -1.90. The summed E-state index contributed by atoms with van der Waals surface area (Å²) in [5.41, 5.74) is 0.286. The molecule has 0 unspecified atom stereocenters. The predicted octanol–water partition coefficient (Wildman–Crippen LogP) is 3.33. The summed E-state index contributed by atoms with van der Waals surface area (Å²) in [5.74, 6) is 0.504. The second-order valence-corrected chi connectivity index (χ2v) is 9.61. The van der Waals surface area contributed by atoms with Crippen LogP contribution >= 0.6 is 11.3 Å². The summed E-state index contributed by atoms with van der Waals surface area (Å²) in [6.45, 7) is 2.69. The van der Waals surface area contributed by atoms with Gasteiger partial charge in [-0.1, -0.05) is 12.1 Å². The van der Waals surface area contributed by atoms with Crippen molar-refractivity contribution in [2.75, 3.05) is 26.8 Å². The Hall–Kier alpha value is -1.90. The summed E-state index contributed by atoms with van der Waals surface area (Å²) in [4.78, 5) is 13.1. The number of carbonyl (C=O) groups is 1. The van der Waals surface area contributed by atoms with E-state index in [4.69, 9.17) is 9.47 Å². The van der Waals surface area contributed by atoms with Gasteiger partial charge in [0.05, 0.1) is 24.0 Å². The van der Waals surface area contributed by atoms with E-state index >= 15 is 0 Å². The standard InChI is InChI=1S/C20H25NO5S2/c1-3-26-19(22)20(14-16-4-6-17(25-2)7-5-16)9-11-21(12-10-20)28(23,24)18-8-13-27-15-18/h4-8,13,15H,3,9-12,14H2,1-2H3. The fraction of sp³-hybridized carbons (Fsp3) is 0.450. The average molecular weight is 424 g/mol. The number of thiophene rings is 1. The normalized spacial score (nSPS) is 17.2. The molecule has 0 saturated carbocycles. The van der Waals surface area contributed by atoms with Gasteiger partial charge in [-0.05, 0) is 55.3 Å². The van der Waals surface area contributed by atoms with Gasteiger partial charge in [0.2, 0.25) is 10.0 Å². The molecule has 1 aromatic heterocycles. The van der Waals surface area contributed by atoms with E-state index in [1.165, 1.54) is 15.6 Å². The van der Waals surface area contributed by atoms with E-state index in [0.717, 1.165) is 11.3 Å². The van der Waals surface area contributed by atoms with Crippen LogP contribution in [0.4, 0.5) is 0 Å². The van der Waals surface area contributed by atoms with Gasteiger partial charge >= 0.3 is 5.97 Å². The van der Waals surface area contributed by atoms with Crippen LogP contribution in [0.3, 0.4) is 0 Å². The molecule has 3 rings (SSSR count). The van der Waals surface area contributed by atoms with Crippen molar-refractivity contribution in [1.82, 2.24) is 4.31 Å². The lowest BCUT2D eigenvalue weighted by Gasteiger charge is -2.39. The fourth-order valence-corrected chi connectivity index (χ4v) is 6.03. The molecule has 0 N–H and O–H groups in total. The number of hydrogen-bond acceptors (Lipinski definition) is 6. The summed E-state index contributed by atoms with van der Waals surface area (Å²) < 4.78 is 37.6. The lowest BCUT2D eigenvalue weighted by atomic mass is 9.74. The quantitative estimate of drug-likeness (QED) is 0.639. The summed E-state index contributed by atoms with van der Waals surface area (Å²) in [5, 5.41) is 3.39. The Bertz CT molecular complexity index is 883. The van der Waals surface area contributed by atoms with Gasteiger partial charge in [0, 0.05) is 18.5 Å². The summed E-state index contributed by atoms with van der Waals surface area (Å²) in [6.07, 6.45) is 1.38. The highest BCUT2D eigenvalue weighted by Crippen LogP contribution is 2.38. The Morgan fingerprint density at radius 2 is 1.86 bits per heavy atom. The van der Waals surface area contributed by atoms with Crippen molar-refractivity contribution < 1.29 is 22.7 Å². The number of benzene rings is 1. The molecule has 2 heterocycles. The molecule has 28 heavy (non-hydrogen) atoms. The first-order valence-corrected chi connectivity index (χ1v) is 11.6. The maximum atomic E-state index is 12.8. The van der Waals surface area contributed by atoms with Crippen molar-refractivity contribution in [2.45, 2.75) is 31.1 Å². The SMILES string of the molecule is CCOC(=O)C1(Cc2ccc(OC)cc2)CCN(S(=O)(=O)c2ccsc2)CC1. The molecule has 1 aliphatic heterocycles. The Morgan fingerprint density at radius 3 is 2.39 bits per heavy atom. The number of nitrogens with zero attached hydrogens (tertiary/aromatic N) is 1. The van der Waals surface area contributed by atoms with Crippen molar-refractivity contribution in [3.8, 4) is 5.75 Å².